The minimum Gasteiger partial charge on any atom is -0.497 e. The monoisotopic (exact) mass is 555 g/mol. The third-order valence-corrected chi connectivity index (χ3v) is 6.08. The summed E-state index contributed by atoms with van der Waals surface area (Å²) < 4.78 is 12.9. The second-order valence-electron chi connectivity index (χ2n) is 7.95. The Balaban J connectivity index is 0.00000363. The molecule has 0 spiro atoms. The molecule has 1 unspecified atom stereocenters. The molecule has 1 N–H and O–H groups in total. The van der Waals surface area contributed by atoms with Gasteiger partial charge in [0, 0.05) is 49.9 Å². The third kappa shape index (κ3) is 5.88. The maximum Gasteiger partial charge on any atom is 0.194 e. The normalized spacial score (nSPS) is 16.1. The number of nitrogens with zero attached hydrogens (tertiary/aromatic N) is 4. The van der Waals surface area contributed by atoms with Crippen molar-refractivity contribution in [1.82, 2.24) is 20.0 Å². The van der Waals surface area contributed by atoms with Gasteiger partial charge in [-0.3, -0.25) is 4.68 Å². The zero-order valence-electron chi connectivity index (χ0n) is 20.3. The van der Waals surface area contributed by atoms with E-state index in [0.29, 0.717) is 12.5 Å². The molecule has 2 aromatic rings. The van der Waals surface area contributed by atoms with Gasteiger partial charge >= 0.3 is 0 Å². The average Bonchev–Trinajstić information content (AvgIpc) is 3.40. The van der Waals surface area contributed by atoms with E-state index in [-0.39, 0.29) is 24.0 Å². The number of guanidine groups is 1. The summed E-state index contributed by atoms with van der Waals surface area (Å²) in [6, 6.07) is 6.17. The number of ether oxygens (including phenoxy) is 2. The first-order chi connectivity index (χ1) is 15.0. The van der Waals surface area contributed by atoms with Gasteiger partial charge in [0.2, 0.25) is 0 Å². The fourth-order valence-electron chi connectivity index (χ4n) is 4.44. The fraction of sp³-hybridized carbons (Fsp3) is 0.583. The van der Waals surface area contributed by atoms with Crippen LogP contribution in [0.25, 0.3) is 0 Å². The van der Waals surface area contributed by atoms with E-state index in [4.69, 9.17) is 19.6 Å². The van der Waals surface area contributed by atoms with E-state index in [2.05, 4.69) is 43.1 Å². The summed E-state index contributed by atoms with van der Waals surface area (Å²) in [6.07, 6.45) is 2.97. The predicted molar refractivity (Wildman–Crippen MR) is 141 cm³/mol. The van der Waals surface area contributed by atoms with Gasteiger partial charge in [0.1, 0.15) is 11.5 Å². The number of benzene rings is 1. The highest BCUT2D eigenvalue weighted by Crippen LogP contribution is 2.33. The van der Waals surface area contributed by atoms with Gasteiger partial charge in [0.15, 0.2) is 5.96 Å². The molecule has 0 saturated carbocycles. The van der Waals surface area contributed by atoms with Crippen LogP contribution in [0.5, 0.6) is 11.5 Å². The molecule has 1 fully saturated rings. The first kappa shape index (κ1) is 26.3. The Morgan fingerprint density at radius 2 is 1.81 bits per heavy atom. The first-order valence-corrected chi connectivity index (χ1v) is 11.3. The largest absolute Gasteiger partial charge is 0.497 e. The number of aryl methyl sites for hydroxylation is 2. The number of nitrogens with one attached hydrogen (secondary N) is 1. The van der Waals surface area contributed by atoms with Gasteiger partial charge < -0.3 is 19.7 Å². The Morgan fingerprint density at radius 1 is 1.12 bits per heavy atom. The van der Waals surface area contributed by atoms with Crippen molar-refractivity contribution in [3.05, 3.63) is 40.7 Å². The Bertz CT molecular complexity index is 890. The minimum absolute atomic E-state index is 0. The lowest BCUT2D eigenvalue weighted by Crippen LogP contribution is -2.40. The van der Waals surface area contributed by atoms with Crippen LogP contribution in [0.3, 0.4) is 0 Å². The minimum atomic E-state index is 0. The van der Waals surface area contributed by atoms with Crippen LogP contribution in [0.2, 0.25) is 0 Å². The predicted octanol–water partition coefficient (Wildman–Crippen LogP) is 4.14. The number of likely N-dealkylation sites (tertiary alicyclic amines) is 1. The van der Waals surface area contributed by atoms with Gasteiger partial charge in [-0.15, -0.1) is 24.0 Å². The Hall–Kier alpha value is -1.97. The van der Waals surface area contributed by atoms with Crippen molar-refractivity contribution in [2.45, 2.75) is 52.5 Å². The second-order valence-corrected chi connectivity index (χ2v) is 7.95. The lowest BCUT2D eigenvalue weighted by atomic mass is 9.98. The molecule has 2 heterocycles. The van der Waals surface area contributed by atoms with Crippen molar-refractivity contribution in [1.29, 1.82) is 0 Å². The molecule has 0 amide bonds. The summed E-state index contributed by atoms with van der Waals surface area (Å²) in [5.41, 5.74) is 4.96. The molecule has 8 heteroatoms. The molecule has 3 rings (SSSR count). The van der Waals surface area contributed by atoms with E-state index < -0.39 is 0 Å². The maximum atomic E-state index is 5.47. The van der Waals surface area contributed by atoms with E-state index in [1.165, 1.54) is 16.8 Å². The quantitative estimate of drug-likeness (QED) is 0.302. The van der Waals surface area contributed by atoms with Crippen molar-refractivity contribution in [2.75, 3.05) is 33.9 Å². The van der Waals surface area contributed by atoms with Gasteiger partial charge in [0.25, 0.3) is 0 Å². The van der Waals surface area contributed by atoms with Crippen molar-refractivity contribution < 1.29 is 9.47 Å². The second kappa shape index (κ2) is 12.3. The topological polar surface area (TPSA) is 63.9 Å². The molecule has 1 aromatic carbocycles. The highest BCUT2D eigenvalue weighted by Gasteiger charge is 2.27. The lowest BCUT2D eigenvalue weighted by Gasteiger charge is -2.22. The van der Waals surface area contributed by atoms with E-state index in [9.17, 15) is 0 Å². The molecule has 1 atom stereocenters. The molecular weight excluding hydrogens is 517 g/mol. The van der Waals surface area contributed by atoms with E-state index in [1.807, 2.05) is 17.8 Å². The number of methoxy groups -OCH3 is 2. The van der Waals surface area contributed by atoms with Crippen molar-refractivity contribution in [2.24, 2.45) is 12.0 Å². The van der Waals surface area contributed by atoms with E-state index in [0.717, 1.165) is 62.0 Å². The Kier molecular flexibility index (Phi) is 10.1. The molecule has 1 aliphatic heterocycles. The summed E-state index contributed by atoms with van der Waals surface area (Å²) in [6.45, 7) is 9.88. The van der Waals surface area contributed by atoms with Gasteiger partial charge in [0.05, 0.1) is 26.5 Å². The van der Waals surface area contributed by atoms with E-state index >= 15 is 0 Å². The standard InChI is InChI=1S/C24H37N5O2.HI/c1-7-22-21(23(8-2)28(4)27-22)15-26-24(25-9-3)29-11-10-17(16-29)18-12-19(30-5)14-20(13-18)31-6;/h12-14,17H,7-11,15-16H2,1-6H3,(H,25,26);1H. The first-order valence-electron chi connectivity index (χ1n) is 11.3. The summed E-state index contributed by atoms with van der Waals surface area (Å²) in [5, 5.41) is 8.19. The summed E-state index contributed by atoms with van der Waals surface area (Å²) in [7, 11) is 5.43. The molecule has 1 saturated heterocycles. The zero-order chi connectivity index (χ0) is 22.4. The average molecular weight is 556 g/mol. The molecule has 32 heavy (non-hydrogen) atoms. The lowest BCUT2D eigenvalue weighted by molar-refractivity contribution is 0.392. The third-order valence-electron chi connectivity index (χ3n) is 6.08. The van der Waals surface area contributed by atoms with Crippen LogP contribution in [0, 0.1) is 0 Å². The van der Waals surface area contributed by atoms with Gasteiger partial charge in [-0.2, -0.15) is 5.10 Å². The Labute approximate surface area is 209 Å². The number of rotatable bonds is 8. The van der Waals surface area contributed by atoms with Crippen LogP contribution in [0.4, 0.5) is 0 Å². The molecule has 1 aliphatic rings. The summed E-state index contributed by atoms with van der Waals surface area (Å²) in [4.78, 5) is 7.39. The van der Waals surface area contributed by atoms with Gasteiger partial charge in [-0.25, -0.2) is 4.99 Å². The summed E-state index contributed by atoms with van der Waals surface area (Å²) in [5.74, 6) is 3.07. The summed E-state index contributed by atoms with van der Waals surface area (Å²) >= 11 is 0. The number of hydrogen-bond acceptors (Lipinski definition) is 4. The Morgan fingerprint density at radius 3 is 2.38 bits per heavy atom. The number of aromatic nitrogens is 2. The van der Waals surface area contributed by atoms with Crippen LogP contribution in [0.15, 0.2) is 23.2 Å². The van der Waals surface area contributed by atoms with Crippen LogP contribution in [0.1, 0.15) is 55.6 Å². The van der Waals surface area contributed by atoms with Crippen LogP contribution in [-0.4, -0.2) is 54.5 Å². The van der Waals surface area contributed by atoms with E-state index in [1.54, 1.807) is 14.2 Å². The van der Waals surface area contributed by atoms with Gasteiger partial charge in [-0.05, 0) is 43.9 Å². The highest BCUT2D eigenvalue weighted by atomic mass is 127. The molecule has 1 aromatic heterocycles. The number of hydrogen-bond donors (Lipinski definition) is 1. The molecule has 7 nitrogen and oxygen atoms in total. The van der Waals surface area contributed by atoms with Crippen molar-refractivity contribution in [3.8, 4) is 11.5 Å². The SMILES string of the molecule is CCNC(=NCc1c(CC)nn(C)c1CC)N1CCC(c2cc(OC)cc(OC)c2)C1.I. The molecule has 178 valence electrons. The van der Waals surface area contributed by atoms with Crippen LogP contribution in [-0.2, 0) is 26.4 Å². The van der Waals surface area contributed by atoms with Crippen molar-refractivity contribution >= 4 is 29.9 Å². The molecule has 0 radical (unpaired) electrons. The maximum absolute atomic E-state index is 5.47. The molecular formula is C24H38IN5O2. The molecule has 0 bridgehead atoms. The van der Waals surface area contributed by atoms with Gasteiger partial charge in [-0.1, -0.05) is 13.8 Å². The fourth-order valence-corrected chi connectivity index (χ4v) is 4.44. The highest BCUT2D eigenvalue weighted by molar-refractivity contribution is 14.0. The van der Waals surface area contributed by atoms with Crippen LogP contribution < -0.4 is 14.8 Å². The van der Waals surface area contributed by atoms with Crippen molar-refractivity contribution in [3.63, 3.8) is 0 Å². The molecule has 0 aliphatic carbocycles. The smallest absolute Gasteiger partial charge is 0.194 e. The number of halogens is 1. The van der Waals surface area contributed by atoms with Crippen LogP contribution >= 0.6 is 24.0 Å². The number of aliphatic imine (C=N–C) groups is 1. The zero-order valence-corrected chi connectivity index (χ0v) is 22.6.